The molecule has 0 fully saturated rings. The zero-order chi connectivity index (χ0) is 18.5. The standard InChI is InChI=1S/C18H24N4O4/c1-20(12-14-13-25-15-7-3-4-8-16(15)26-14)9-5-6-10-22-18(24)21(2)17(23)11-19-22/h3-4,7-8,11,14H,5-6,9-10,12-13H2,1-2H3. The molecule has 3 rings (SSSR count). The fourth-order valence-electron chi connectivity index (χ4n) is 2.91. The quantitative estimate of drug-likeness (QED) is 0.669. The number of benzene rings is 1. The Morgan fingerprint density at radius 1 is 1.23 bits per heavy atom. The van der Waals surface area contributed by atoms with Crippen molar-refractivity contribution in [1.29, 1.82) is 0 Å². The van der Waals surface area contributed by atoms with Gasteiger partial charge in [-0.15, -0.1) is 0 Å². The van der Waals surface area contributed by atoms with Crippen molar-refractivity contribution in [2.75, 3.05) is 26.7 Å². The molecule has 1 aliphatic heterocycles. The molecule has 1 atom stereocenters. The van der Waals surface area contributed by atoms with Gasteiger partial charge in [0.25, 0.3) is 5.56 Å². The Kier molecular flexibility index (Phi) is 5.72. The Morgan fingerprint density at radius 2 is 2.00 bits per heavy atom. The maximum absolute atomic E-state index is 11.9. The lowest BCUT2D eigenvalue weighted by Gasteiger charge is -2.29. The highest BCUT2D eigenvalue weighted by Gasteiger charge is 2.21. The highest BCUT2D eigenvalue weighted by molar-refractivity contribution is 5.40. The lowest BCUT2D eigenvalue weighted by atomic mass is 10.2. The number of hydrogen-bond acceptors (Lipinski definition) is 6. The third-order valence-electron chi connectivity index (χ3n) is 4.39. The van der Waals surface area contributed by atoms with Gasteiger partial charge < -0.3 is 14.4 Å². The Morgan fingerprint density at radius 3 is 2.81 bits per heavy atom. The fraction of sp³-hybridized carbons (Fsp3) is 0.500. The van der Waals surface area contributed by atoms with Crippen LogP contribution in [0.5, 0.6) is 11.5 Å². The molecule has 2 heterocycles. The predicted molar refractivity (Wildman–Crippen MR) is 96.8 cm³/mol. The van der Waals surface area contributed by atoms with Crippen molar-refractivity contribution in [2.24, 2.45) is 7.05 Å². The smallest absolute Gasteiger partial charge is 0.347 e. The third-order valence-corrected chi connectivity index (χ3v) is 4.39. The first kappa shape index (κ1) is 18.2. The summed E-state index contributed by atoms with van der Waals surface area (Å²) < 4.78 is 14.1. The van der Waals surface area contributed by atoms with E-state index in [1.807, 2.05) is 31.3 Å². The van der Waals surface area contributed by atoms with E-state index < -0.39 is 0 Å². The molecule has 0 spiro atoms. The average molecular weight is 360 g/mol. The highest BCUT2D eigenvalue weighted by Crippen LogP contribution is 2.30. The van der Waals surface area contributed by atoms with E-state index in [1.165, 1.54) is 17.9 Å². The van der Waals surface area contributed by atoms with E-state index in [9.17, 15) is 9.59 Å². The minimum absolute atomic E-state index is 0.00262. The van der Waals surface area contributed by atoms with Crippen molar-refractivity contribution in [3.63, 3.8) is 0 Å². The number of aromatic nitrogens is 3. The van der Waals surface area contributed by atoms with Crippen LogP contribution in [0.15, 0.2) is 40.1 Å². The molecule has 1 unspecified atom stereocenters. The van der Waals surface area contributed by atoms with Gasteiger partial charge in [-0.3, -0.25) is 9.36 Å². The first-order valence-electron chi connectivity index (χ1n) is 8.75. The number of rotatable bonds is 7. The second-order valence-corrected chi connectivity index (χ2v) is 6.51. The van der Waals surface area contributed by atoms with Gasteiger partial charge in [-0.1, -0.05) is 12.1 Å². The number of ether oxygens (including phenoxy) is 2. The summed E-state index contributed by atoms with van der Waals surface area (Å²) in [5, 5.41) is 3.89. The van der Waals surface area contributed by atoms with Crippen LogP contribution in [0.25, 0.3) is 0 Å². The maximum atomic E-state index is 11.9. The van der Waals surface area contributed by atoms with Crippen LogP contribution in [-0.2, 0) is 13.6 Å². The summed E-state index contributed by atoms with van der Waals surface area (Å²) >= 11 is 0. The number of aryl methyl sites for hydroxylation is 1. The van der Waals surface area contributed by atoms with Gasteiger partial charge in [0.2, 0.25) is 0 Å². The Labute approximate surface area is 151 Å². The molecule has 1 aromatic carbocycles. The lowest BCUT2D eigenvalue weighted by Crippen LogP contribution is -2.40. The van der Waals surface area contributed by atoms with Crippen LogP contribution in [0.1, 0.15) is 12.8 Å². The summed E-state index contributed by atoms with van der Waals surface area (Å²) in [7, 11) is 3.50. The van der Waals surface area contributed by atoms with Crippen molar-refractivity contribution in [1.82, 2.24) is 19.2 Å². The van der Waals surface area contributed by atoms with Crippen LogP contribution >= 0.6 is 0 Å². The summed E-state index contributed by atoms with van der Waals surface area (Å²) in [6.45, 7) is 2.68. The van der Waals surface area contributed by atoms with Crippen molar-refractivity contribution in [3.8, 4) is 11.5 Å². The number of likely N-dealkylation sites (N-methyl/N-ethyl adjacent to an activating group) is 1. The van der Waals surface area contributed by atoms with Crippen LogP contribution < -0.4 is 20.7 Å². The average Bonchev–Trinajstić information content (AvgIpc) is 2.65. The van der Waals surface area contributed by atoms with Crippen LogP contribution in [0, 0.1) is 0 Å². The highest BCUT2D eigenvalue weighted by atomic mass is 16.6. The molecule has 8 heteroatoms. The Bertz CT molecular complexity index is 861. The molecule has 0 saturated heterocycles. The van der Waals surface area contributed by atoms with Gasteiger partial charge in [0, 0.05) is 20.1 Å². The molecule has 0 saturated carbocycles. The second-order valence-electron chi connectivity index (χ2n) is 6.51. The van der Waals surface area contributed by atoms with Crippen molar-refractivity contribution in [3.05, 3.63) is 51.3 Å². The fourth-order valence-corrected chi connectivity index (χ4v) is 2.91. The summed E-state index contributed by atoms with van der Waals surface area (Å²) in [6.07, 6.45) is 2.90. The van der Waals surface area contributed by atoms with Gasteiger partial charge in [0.15, 0.2) is 11.5 Å². The van der Waals surface area contributed by atoms with Crippen LogP contribution in [0.2, 0.25) is 0 Å². The van der Waals surface area contributed by atoms with E-state index in [0.717, 1.165) is 42.0 Å². The summed E-state index contributed by atoms with van der Waals surface area (Å²) in [5.41, 5.74) is -0.764. The van der Waals surface area contributed by atoms with Crippen LogP contribution in [-0.4, -0.2) is 52.1 Å². The molecule has 1 aromatic heterocycles. The predicted octanol–water partition coefficient (Wildman–Crippen LogP) is 0.494. The Hall–Kier alpha value is -2.61. The van der Waals surface area contributed by atoms with Gasteiger partial charge in [0.05, 0.1) is 0 Å². The van der Waals surface area contributed by atoms with E-state index in [1.54, 1.807) is 0 Å². The second kappa shape index (κ2) is 8.18. The van der Waals surface area contributed by atoms with E-state index in [0.29, 0.717) is 13.2 Å². The molecule has 0 amide bonds. The summed E-state index contributed by atoms with van der Waals surface area (Å²) in [4.78, 5) is 25.4. The van der Waals surface area contributed by atoms with Gasteiger partial charge >= 0.3 is 5.69 Å². The first-order chi connectivity index (χ1) is 12.5. The zero-order valence-corrected chi connectivity index (χ0v) is 15.1. The monoisotopic (exact) mass is 360 g/mol. The van der Waals surface area contributed by atoms with Crippen molar-refractivity contribution in [2.45, 2.75) is 25.5 Å². The molecule has 0 aliphatic carbocycles. The molecule has 0 bridgehead atoms. The number of nitrogens with zero attached hydrogens (tertiary/aromatic N) is 4. The molecular weight excluding hydrogens is 336 g/mol. The van der Waals surface area contributed by atoms with Gasteiger partial charge in [-0.05, 0) is 38.6 Å². The van der Waals surface area contributed by atoms with Crippen LogP contribution in [0.3, 0.4) is 0 Å². The van der Waals surface area contributed by atoms with E-state index in [2.05, 4.69) is 10.00 Å². The molecular formula is C18H24N4O4. The largest absolute Gasteiger partial charge is 0.486 e. The van der Waals surface area contributed by atoms with Gasteiger partial charge in [-0.25, -0.2) is 9.48 Å². The molecule has 0 N–H and O–H groups in total. The summed E-state index contributed by atoms with van der Waals surface area (Å²) in [5.74, 6) is 1.58. The number of para-hydroxylation sites is 2. The number of unbranched alkanes of at least 4 members (excludes halogenated alkanes) is 1. The molecule has 26 heavy (non-hydrogen) atoms. The minimum atomic E-state index is -0.387. The number of fused-ring (bicyclic) bond motifs is 1. The molecule has 8 nitrogen and oxygen atoms in total. The molecule has 2 aromatic rings. The van der Waals surface area contributed by atoms with E-state index >= 15 is 0 Å². The zero-order valence-electron chi connectivity index (χ0n) is 15.1. The minimum Gasteiger partial charge on any atom is -0.486 e. The molecule has 140 valence electrons. The van der Waals surface area contributed by atoms with E-state index in [-0.39, 0.29) is 17.4 Å². The normalized spacial score (nSPS) is 16.0. The van der Waals surface area contributed by atoms with Gasteiger partial charge in [0.1, 0.15) is 18.9 Å². The maximum Gasteiger partial charge on any atom is 0.347 e. The lowest BCUT2D eigenvalue weighted by molar-refractivity contribution is 0.0650. The van der Waals surface area contributed by atoms with Crippen molar-refractivity contribution < 1.29 is 9.47 Å². The SMILES string of the molecule is CN(CCCCn1ncc(=O)n(C)c1=O)CC1COc2ccccc2O1. The molecule has 0 radical (unpaired) electrons. The topological polar surface area (TPSA) is 78.6 Å². The summed E-state index contributed by atoms with van der Waals surface area (Å²) in [6, 6.07) is 7.69. The van der Waals surface area contributed by atoms with Gasteiger partial charge in [-0.2, -0.15) is 5.10 Å². The number of hydrogen-bond donors (Lipinski definition) is 0. The third kappa shape index (κ3) is 4.32. The first-order valence-corrected chi connectivity index (χ1v) is 8.75. The molecule has 1 aliphatic rings. The van der Waals surface area contributed by atoms with Crippen molar-refractivity contribution >= 4 is 0 Å². The van der Waals surface area contributed by atoms with E-state index in [4.69, 9.17) is 9.47 Å². The van der Waals surface area contributed by atoms with Crippen LogP contribution in [0.4, 0.5) is 0 Å². The Balaban J connectivity index is 1.41.